The van der Waals surface area contributed by atoms with Gasteiger partial charge in [-0.25, -0.2) is 9.18 Å². The summed E-state index contributed by atoms with van der Waals surface area (Å²) in [5, 5.41) is 8.07. The number of carboxylic acid groups (broad SMARTS) is 1. The van der Waals surface area contributed by atoms with Crippen molar-refractivity contribution in [1.29, 1.82) is 0 Å². The van der Waals surface area contributed by atoms with Crippen LogP contribution >= 0.6 is 0 Å². The summed E-state index contributed by atoms with van der Waals surface area (Å²) in [4.78, 5) is 21.7. The maximum absolute atomic E-state index is 12.3. The highest BCUT2D eigenvalue weighted by atomic mass is 19.1. The highest BCUT2D eigenvalue weighted by Gasteiger charge is 2.20. The SMILES string of the molecule is CN(C)C(=O)C[C@@H](F)C(=O)O. The first-order valence-electron chi connectivity index (χ1n) is 3.02. The Morgan fingerprint density at radius 1 is 1.55 bits per heavy atom. The number of carbonyl (C=O) groups is 2. The van der Waals surface area contributed by atoms with Crippen molar-refractivity contribution in [2.24, 2.45) is 0 Å². The molecule has 5 heteroatoms. The summed E-state index contributed by atoms with van der Waals surface area (Å²) in [6, 6.07) is 0. The Kier molecular flexibility index (Phi) is 3.50. The van der Waals surface area contributed by atoms with Gasteiger partial charge in [-0.15, -0.1) is 0 Å². The second kappa shape index (κ2) is 3.90. The first-order chi connectivity index (χ1) is 4.95. The molecular formula is C6H10FNO3. The lowest BCUT2D eigenvalue weighted by Crippen LogP contribution is -2.28. The van der Waals surface area contributed by atoms with Crippen molar-refractivity contribution in [2.75, 3.05) is 14.1 Å². The third kappa shape index (κ3) is 3.54. The monoisotopic (exact) mass is 163 g/mol. The van der Waals surface area contributed by atoms with Gasteiger partial charge in [0.25, 0.3) is 0 Å². The minimum absolute atomic E-state index is 0.528. The van der Waals surface area contributed by atoms with Crippen molar-refractivity contribution in [3.63, 3.8) is 0 Å². The number of aliphatic carboxylic acids is 1. The fourth-order valence-electron chi connectivity index (χ4n) is 0.423. The minimum Gasteiger partial charge on any atom is -0.479 e. The van der Waals surface area contributed by atoms with E-state index in [9.17, 15) is 14.0 Å². The Morgan fingerprint density at radius 3 is 2.27 bits per heavy atom. The van der Waals surface area contributed by atoms with Crippen LogP contribution in [0.2, 0.25) is 0 Å². The van der Waals surface area contributed by atoms with Crippen LogP contribution in [0.5, 0.6) is 0 Å². The molecule has 1 atom stereocenters. The summed E-state index contributed by atoms with van der Waals surface area (Å²) in [5.74, 6) is -2.12. The summed E-state index contributed by atoms with van der Waals surface area (Å²) < 4.78 is 12.3. The van der Waals surface area contributed by atoms with Gasteiger partial charge in [0.05, 0.1) is 6.42 Å². The number of carboxylic acids is 1. The highest BCUT2D eigenvalue weighted by Crippen LogP contribution is 1.99. The van der Waals surface area contributed by atoms with E-state index in [1.54, 1.807) is 0 Å². The standard InChI is InChI=1S/C6H10FNO3/c1-8(2)5(9)3-4(7)6(10)11/h4H,3H2,1-2H3,(H,10,11)/t4-/m1/s1. The van der Waals surface area contributed by atoms with Crippen LogP contribution in [0, 0.1) is 0 Å². The zero-order chi connectivity index (χ0) is 9.02. The molecule has 0 fully saturated rings. The molecule has 1 amide bonds. The van der Waals surface area contributed by atoms with E-state index in [0.29, 0.717) is 0 Å². The first-order valence-corrected chi connectivity index (χ1v) is 3.02. The van der Waals surface area contributed by atoms with Gasteiger partial charge in [0.2, 0.25) is 12.1 Å². The quantitative estimate of drug-likeness (QED) is 0.631. The van der Waals surface area contributed by atoms with E-state index in [-0.39, 0.29) is 0 Å². The Labute approximate surface area is 63.6 Å². The van der Waals surface area contributed by atoms with E-state index in [4.69, 9.17) is 5.11 Å². The maximum Gasteiger partial charge on any atom is 0.338 e. The van der Waals surface area contributed by atoms with E-state index >= 15 is 0 Å². The van der Waals surface area contributed by atoms with Crippen LogP contribution in [0.15, 0.2) is 0 Å². The molecule has 0 aromatic rings. The molecule has 0 aliphatic heterocycles. The number of amides is 1. The van der Waals surface area contributed by atoms with Crippen LogP contribution in [-0.4, -0.2) is 42.1 Å². The predicted molar refractivity (Wildman–Crippen MR) is 35.8 cm³/mol. The molecule has 0 spiro atoms. The second-order valence-electron chi connectivity index (χ2n) is 2.30. The molecule has 0 saturated carbocycles. The third-order valence-electron chi connectivity index (χ3n) is 1.12. The summed E-state index contributed by atoms with van der Waals surface area (Å²) in [7, 11) is 2.88. The molecule has 64 valence electrons. The molecule has 0 heterocycles. The second-order valence-corrected chi connectivity index (χ2v) is 2.30. The number of halogens is 1. The van der Waals surface area contributed by atoms with E-state index in [1.165, 1.54) is 14.1 Å². The zero-order valence-electron chi connectivity index (χ0n) is 6.37. The number of rotatable bonds is 3. The Hall–Kier alpha value is -1.13. The summed E-state index contributed by atoms with van der Waals surface area (Å²) in [5.41, 5.74) is 0. The Bertz CT molecular complexity index is 169. The average molecular weight is 163 g/mol. The van der Waals surface area contributed by atoms with Gasteiger partial charge < -0.3 is 10.0 Å². The fraction of sp³-hybridized carbons (Fsp3) is 0.667. The molecule has 0 rings (SSSR count). The molecule has 0 saturated heterocycles. The molecule has 0 radical (unpaired) electrons. The van der Waals surface area contributed by atoms with E-state index in [1.807, 2.05) is 0 Å². The van der Waals surface area contributed by atoms with Gasteiger partial charge in [0, 0.05) is 14.1 Å². The van der Waals surface area contributed by atoms with Crippen molar-refractivity contribution in [3.05, 3.63) is 0 Å². The smallest absolute Gasteiger partial charge is 0.338 e. The van der Waals surface area contributed by atoms with Gasteiger partial charge in [-0.2, -0.15) is 0 Å². The van der Waals surface area contributed by atoms with Crippen molar-refractivity contribution < 1.29 is 19.1 Å². The molecule has 0 aromatic carbocycles. The summed E-state index contributed by atoms with van der Waals surface area (Å²) in [6.07, 6.45) is -2.69. The highest BCUT2D eigenvalue weighted by molar-refractivity contribution is 5.83. The van der Waals surface area contributed by atoms with Crippen molar-refractivity contribution >= 4 is 11.9 Å². The van der Waals surface area contributed by atoms with Crippen molar-refractivity contribution in [1.82, 2.24) is 4.90 Å². The van der Waals surface area contributed by atoms with Crippen molar-refractivity contribution in [3.8, 4) is 0 Å². The maximum atomic E-state index is 12.3. The van der Waals surface area contributed by atoms with Crippen LogP contribution in [0.25, 0.3) is 0 Å². The molecule has 0 bridgehead atoms. The summed E-state index contributed by atoms with van der Waals surface area (Å²) >= 11 is 0. The molecule has 0 aliphatic rings. The average Bonchev–Trinajstić information content (AvgIpc) is 1.87. The molecule has 4 nitrogen and oxygen atoms in total. The molecule has 0 aromatic heterocycles. The molecule has 11 heavy (non-hydrogen) atoms. The van der Waals surface area contributed by atoms with Gasteiger partial charge >= 0.3 is 5.97 Å². The minimum atomic E-state index is -2.09. The number of carbonyl (C=O) groups excluding carboxylic acids is 1. The first kappa shape index (κ1) is 9.87. The normalized spacial score (nSPS) is 12.3. The lowest BCUT2D eigenvalue weighted by molar-refractivity contribution is -0.146. The largest absolute Gasteiger partial charge is 0.479 e. The van der Waals surface area contributed by atoms with Crippen LogP contribution in [0.3, 0.4) is 0 Å². The van der Waals surface area contributed by atoms with Crippen LogP contribution < -0.4 is 0 Å². The van der Waals surface area contributed by atoms with Crippen LogP contribution in [0.4, 0.5) is 4.39 Å². The Balaban J connectivity index is 3.85. The van der Waals surface area contributed by atoms with E-state index in [0.717, 1.165) is 4.90 Å². The Morgan fingerprint density at radius 2 is 2.00 bits per heavy atom. The van der Waals surface area contributed by atoms with Crippen LogP contribution in [-0.2, 0) is 9.59 Å². The number of hydrogen-bond acceptors (Lipinski definition) is 2. The van der Waals surface area contributed by atoms with Crippen molar-refractivity contribution in [2.45, 2.75) is 12.6 Å². The van der Waals surface area contributed by atoms with Gasteiger partial charge in [-0.05, 0) is 0 Å². The van der Waals surface area contributed by atoms with Gasteiger partial charge in [0.15, 0.2) is 0 Å². The topological polar surface area (TPSA) is 57.6 Å². The molecule has 0 aliphatic carbocycles. The van der Waals surface area contributed by atoms with Gasteiger partial charge in [-0.1, -0.05) is 0 Å². The lowest BCUT2D eigenvalue weighted by atomic mass is 10.2. The zero-order valence-corrected chi connectivity index (χ0v) is 6.37. The predicted octanol–water partition coefficient (Wildman–Crippen LogP) is -0.113. The fourth-order valence-corrected chi connectivity index (χ4v) is 0.423. The van der Waals surface area contributed by atoms with E-state index in [2.05, 4.69) is 0 Å². The molecule has 1 N–H and O–H groups in total. The molecular weight excluding hydrogens is 153 g/mol. The molecule has 0 unspecified atom stereocenters. The number of alkyl halides is 1. The summed E-state index contributed by atoms with van der Waals surface area (Å²) in [6.45, 7) is 0. The number of nitrogens with zero attached hydrogens (tertiary/aromatic N) is 1. The van der Waals surface area contributed by atoms with Gasteiger partial charge in [-0.3, -0.25) is 4.79 Å². The number of hydrogen-bond donors (Lipinski definition) is 1. The third-order valence-corrected chi connectivity index (χ3v) is 1.12. The van der Waals surface area contributed by atoms with Crippen LogP contribution in [0.1, 0.15) is 6.42 Å². The van der Waals surface area contributed by atoms with E-state index < -0.39 is 24.5 Å². The van der Waals surface area contributed by atoms with Gasteiger partial charge in [0.1, 0.15) is 0 Å². The lowest BCUT2D eigenvalue weighted by Gasteiger charge is -2.09.